The summed E-state index contributed by atoms with van der Waals surface area (Å²) in [7, 11) is 0. The summed E-state index contributed by atoms with van der Waals surface area (Å²) in [5.41, 5.74) is 1.44. The number of hydrogen-bond acceptors (Lipinski definition) is 2. The van der Waals surface area contributed by atoms with Gasteiger partial charge >= 0.3 is 0 Å². The third kappa shape index (κ3) is 5.20. The molecule has 0 spiro atoms. The molecule has 0 heterocycles. The van der Waals surface area contributed by atoms with Crippen molar-refractivity contribution >= 4 is 34.8 Å². The Hall–Kier alpha value is -1.62. The van der Waals surface area contributed by atoms with E-state index in [-0.39, 0.29) is 30.2 Å². The first kappa shape index (κ1) is 18.7. The molecule has 2 aromatic carbocycles. The first-order chi connectivity index (χ1) is 11.4. The van der Waals surface area contributed by atoms with E-state index in [0.29, 0.717) is 15.7 Å². The van der Waals surface area contributed by atoms with Gasteiger partial charge in [-0.05, 0) is 41.8 Å². The molecule has 1 atom stereocenters. The molecule has 0 aliphatic heterocycles. The second-order valence-corrected chi connectivity index (χ2v) is 6.67. The Kier molecular flexibility index (Phi) is 6.60. The van der Waals surface area contributed by atoms with Crippen molar-refractivity contribution in [2.75, 3.05) is 11.9 Å². The number of carbonyl (C=O) groups excluding carboxylic acids is 1. The Bertz CT molecular complexity index is 705. The van der Waals surface area contributed by atoms with Crippen LogP contribution in [0.15, 0.2) is 42.5 Å². The minimum absolute atomic E-state index is 0.0583. The molecule has 6 heteroatoms. The third-order valence-electron chi connectivity index (χ3n) is 3.58. The van der Waals surface area contributed by atoms with E-state index in [4.69, 9.17) is 23.2 Å². The highest BCUT2D eigenvalue weighted by molar-refractivity contribution is 6.36. The molecule has 0 fully saturated rings. The van der Waals surface area contributed by atoms with Crippen molar-refractivity contribution in [1.29, 1.82) is 0 Å². The molecular formula is C18H19Cl2FN2O. The Morgan fingerprint density at radius 3 is 2.38 bits per heavy atom. The second kappa shape index (κ2) is 8.47. The average molecular weight is 369 g/mol. The van der Waals surface area contributed by atoms with Gasteiger partial charge in [-0.25, -0.2) is 4.39 Å². The molecule has 1 amide bonds. The predicted molar refractivity (Wildman–Crippen MR) is 97.1 cm³/mol. The number of halogens is 3. The van der Waals surface area contributed by atoms with E-state index in [0.717, 1.165) is 5.56 Å². The molecule has 0 unspecified atom stereocenters. The number of nitrogens with one attached hydrogen (secondary N) is 2. The highest BCUT2D eigenvalue weighted by Gasteiger charge is 2.17. The quantitative estimate of drug-likeness (QED) is 0.748. The molecule has 2 N–H and O–H groups in total. The van der Waals surface area contributed by atoms with Gasteiger partial charge in [-0.15, -0.1) is 0 Å². The largest absolute Gasteiger partial charge is 0.324 e. The molecule has 0 aliphatic carbocycles. The van der Waals surface area contributed by atoms with Crippen molar-refractivity contribution in [3.8, 4) is 0 Å². The lowest BCUT2D eigenvalue weighted by Gasteiger charge is -2.23. The van der Waals surface area contributed by atoms with Crippen LogP contribution >= 0.6 is 23.2 Å². The summed E-state index contributed by atoms with van der Waals surface area (Å²) in [4.78, 5) is 12.1. The van der Waals surface area contributed by atoms with Crippen LogP contribution in [-0.2, 0) is 4.79 Å². The minimum atomic E-state index is -0.281. The summed E-state index contributed by atoms with van der Waals surface area (Å²) in [6.07, 6.45) is 0. The van der Waals surface area contributed by atoms with Gasteiger partial charge in [-0.2, -0.15) is 0 Å². The summed E-state index contributed by atoms with van der Waals surface area (Å²) in [6, 6.07) is 11.1. The Labute approximate surface area is 151 Å². The zero-order valence-corrected chi connectivity index (χ0v) is 15.0. The first-order valence-corrected chi connectivity index (χ1v) is 8.36. The molecule has 0 radical (unpaired) electrons. The van der Waals surface area contributed by atoms with Crippen molar-refractivity contribution in [3.63, 3.8) is 0 Å². The molecule has 2 rings (SSSR count). The highest BCUT2D eigenvalue weighted by Crippen LogP contribution is 2.25. The molecule has 0 saturated carbocycles. The van der Waals surface area contributed by atoms with E-state index in [1.54, 1.807) is 30.3 Å². The summed E-state index contributed by atoms with van der Waals surface area (Å²) in [5.74, 6) is -0.259. The zero-order valence-electron chi connectivity index (χ0n) is 13.4. The molecule has 128 valence electrons. The fourth-order valence-electron chi connectivity index (χ4n) is 2.40. The smallest absolute Gasteiger partial charge is 0.238 e. The monoisotopic (exact) mass is 368 g/mol. The molecule has 0 aromatic heterocycles. The lowest BCUT2D eigenvalue weighted by atomic mass is 9.96. The zero-order chi connectivity index (χ0) is 17.7. The van der Waals surface area contributed by atoms with Crippen molar-refractivity contribution in [2.45, 2.75) is 19.9 Å². The Morgan fingerprint density at radius 1 is 1.12 bits per heavy atom. The van der Waals surface area contributed by atoms with Gasteiger partial charge in [0.15, 0.2) is 0 Å². The summed E-state index contributed by atoms with van der Waals surface area (Å²) in [5, 5.41) is 6.83. The van der Waals surface area contributed by atoms with Crippen molar-refractivity contribution < 1.29 is 9.18 Å². The normalized spacial score (nSPS) is 12.2. The minimum Gasteiger partial charge on any atom is -0.324 e. The fraction of sp³-hybridized carbons (Fsp3) is 0.278. The summed E-state index contributed by atoms with van der Waals surface area (Å²) >= 11 is 11.9. The predicted octanol–water partition coefficient (Wildman–Crippen LogP) is 5.06. The van der Waals surface area contributed by atoms with Crippen LogP contribution in [0.1, 0.15) is 25.5 Å². The fourth-order valence-corrected chi connectivity index (χ4v) is 2.85. The number of anilines is 1. The first-order valence-electron chi connectivity index (χ1n) is 7.60. The van der Waals surface area contributed by atoms with Gasteiger partial charge in [-0.1, -0.05) is 49.2 Å². The number of rotatable bonds is 6. The van der Waals surface area contributed by atoms with E-state index in [1.807, 2.05) is 13.8 Å². The van der Waals surface area contributed by atoms with Crippen LogP contribution in [0.5, 0.6) is 0 Å². The number of amides is 1. The van der Waals surface area contributed by atoms with Crippen molar-refractivity contribution in [2.24, 2.45) is 5.92 Å². The van der Waals surface area contributed by atoms with E-state index in [9.17, 15) is 9.18 Å². The van der Waals surface area contributed by atoms with Crippen LogP contribution in [0.3, 0.4) is 0 Å². The van der Waals surface area contributed by atoms with Crippen LogP contribution in [0, 0.1) is 11.7 Å². The third-order valence-corrected chi connectivity index (χ3v) is 4.13. The van der Waals surface area contributed by atoms with Crippen LogP contribution in [0.2, 0.25) is 10.0 Å². The second-order valence-electron chi connectivity index (χ2n) is 5.83. The van der Waals surface area contributed by atoms with E-state index >= 15 is 0 Å². The number of benzene rings is 2. The average Bonchev–Trinajstić information content (AvgIpc) is 2.52. The van der Waals surface area contributed by atoms with E-state index in [2.05, 4.69) is 10.6 Å². The van der Waals surface area contributed by atoms with Gasteiger partial charge in [0.05, 0.1) is 17.3 Å². The maximum absolute atomic E-state index is 13.1. The van der Waals surface area contributed by atoms with Gasteiger partial charge in [0.25, 0.3) is 0 Å². The molecule has 0 aliphatic rings. The summed E-state index contributed by atoms with van der Waals surface area (Å²) < 4.78 is 13.1. The highest BCUT2D eigenvalue weighted by atomic mass is 35.5. The molecule has 3 nitrogen and oxygen atoms in total. The number of hydrogen-bond donors (Lipinski definition) is 2. The van der Waals surface area contributed by atoms with Gasteiger partial charge in [-0.3, -0.25) is 4.79 Å². The van der Waals surface area contributed by atoms with Crippen LogP contribution < -0.4 is 10.6 Å². The SMILES string of the molecule is CC(C)[C@H](NCC(=O)Nc1ccc(Cl)cc1Cl)c1ccc(F)cc1. The van der Waals surface area contributed by atoms with Gasteiger partial charge < -0.3 is 10.6 Å². The van der Waals surface area contributed by atoms with Crippen molar-refractivity contribution in [3.05, 3.63) is 63.9 Å². The maximum Gasteiger partial charge on any atom is 0.238 e. The molecule has 24 heavy (non-hydrogen) atoms. The summed E-state index contributed by atoms with van der Waals surface area (Å²) in [6.45, 7) is 4.18. The Morgan fingerprint density at radius 2 is 1.79 bits per heavy atom. The van der Waals surface area contributed by atoms with Gasteiger partial charge in [0, 0.05) is 11.1 Å². The van der Waals surface area contributed by atoms with Crippen molar-refractivity contribution in [1.82, 2.24) is 5.32 Å². The Balaban J connectivity index is 1.98. The molecular weight excluding hydrogens is 350 g/mol. The maximum atomic E-state index is 13.1. The topological polar surface area (TPSA) is 41.1 Å². The van der Waals surface area contributed by atoms with Crippen LogP contribution in [-0.4, -0.2) is 12.5 Å². The molecule has 2 aromatic rings. The van der Waals surface area contributed by atoms with E-state index in [1.165, 1.54) is 12.1 Å². The lowest BCUT2D eigenvalue weighted by molar-refractivity contribution is -0.115. The number of carbonyl (C=O) groups is 1. The standard InChI is InChI=1S/C18H19Cl2FN2O/c1-11(2)18(12-3-6-14(21)7-4-12)22-10-17(24)23-16-8-5-13(19)9-15(16)20/h3-9,11,18,22H,10H2,1-2H3,(H,23,24)/t18-/m0/s1. The van der Waals surface area contributed by atoms with E-state index < -0.39 is 0 Å². The van der Waals surface area contributed by atoms with Crippen LogP contribution in [0.4, 0.5) is 10.1 Å². The van der Waals surface area contributed by atoms with Gasteiger partial charge in [0.1, 0.15) is 5.82 Å². The lowest BCUT2D eigenvalue weighted by Crippen LogP contribution is -2.33. The molecule has 0 saturated heterocycles. The molecule has 0 bridgehead atoms. The van der Waals surface area contributed by atoms with Crippen LogP contribution in [0.25, 0.3) is 0 Å². The van der Waals surface area contributed by atoms with Gasteiger partial charge in [0.2, 0.25) is 5.91 Å².